The number of hydrogen-bond acceptors (Lipinski definition) is 5. The Kier molecular flexibility index (Phi) is 4.94. The van der Waals surface area contributed by atoms with Gasteiger partial charge in [-0.05, 0) is 17.7 Å². The molecule has 0 saturated carbocycles. The lowest BCUT2D eigenvalue weighted by molar-refractivity contribution is -0.484. The molecule has 0 aliphatic heterocycles. The van der Waals surface area contributed by atoms with E-state index < -0.39 is 35.1 Å². The van der Waals surface area contributed by atoms with Gasteiger partial charge in [-0.1, -0.05) is 12.1 Å². The number of nitrogens with zero attached hydrogens (tertiary/aromatic N) is 2. The van der Waals surface area contributed by atoms with Crippen molar-refractivity contribution in [3.05, 3.63) is 45.8 Å². The SMILES string of the molecule is COC(=O)C(C#N)C(C[N+](=O)[O-])c1cccc(F)c1. The highest BCUT2D eigenvalue weighted by Crippen LogP contribution is 2.26. The molecule has 0 aliphatic carbocycles. The standard InChI is InChI=1S/C12H11FN2O4/c1-19-12(16)10(6-14)11(7-15(17)18)8-3-2-4-9(13)5-8/h2-5,10-11H,7H2,1H3. The maximum Gasteiger partial charge on any atom is 0.323 e. The van der Waals surface area contributed by atoms with Crippen molar-refractivity contribution in [2.45, 2.75) is 5.92 Å². The van der Waals surface area contributed by atoms with Crippen LogP contribution in [0, 0.1) is 33.2 Å². The lowest BCUT2D eigenvalue weighted by Crippen LogP contribution is -2.27. The van der Waals surface area contributed by atoms with Crippen molar-refractivity contribution in [1.29, 1.82) is 5.26 Å². The summed E-state index contributed by atoms with van der Waals surface area (Å²) >= 11 is 0. The molecule has 19 heavy (non-hydrogen) atoms. The monoisotopic (exact) mass is 266 g/mol. The van der Waals surface area contributed by atoms with Gasteiger partial charge < -0.3 is 4.74 Å². The first-order valence-corrected chi connectivity index (χ1v) is 5.34. The molecular weight excluding hydrogens is 255 g/mol. The molecule has 7 heteroatoms. The van der Waals surface area contributed by atoms with Crippen LogP contribution in [0.2, 0.25) is 0 Å². The summed E-state index contributed by atoms with van der Waals surface area (Å²) in [5.41, 5.74) is 0.216. The maximum atomic E-state index is 13.1. The third kappa shape index (κ3) is 3.74. The third-order valence-electron chi connectivity index (χ3n) is 2.62. The van der Waals surface area contributed by atoms with Gasteiger partial charge in [0.1, 0.15) is 5.82 Å². The molecule has 0 heterocycles. The summed E-state index contributed by atoms with van der Waals surface area (Å²) in [7, 11) is 1.08. The van der Waals surface area contributed by atoms with Crippen molar-refractivity contribution < 1.29 is 18.8 Å². The number of methoxy groups -OCH3 is 1. The number of esters is 1. The fraction of sp³-hybridized carbons (Fsp3) is 0.333. The van der Waals surface area contributed by atoms with E-state index in [1.165, 1.54) is 18.2 Å². The molecule has 0 bridgehead atoms. The van der Waals surface area contributed by atoms with Crippen LogP contribution >= 0.6 is 0 Å². The fourth-order valence-electron chi connectivity index (χ4n) is 1.74. The molecule has 1 aromatic carbocycles. The summed E-state index contributed by atoms with van der Waals surface area (Å²) in [5, 5.41) is 19.6. The first-order chi connectivity index (χ1) is 8.99. The molecule has 1 rings (SSSR count). The largest absolute Gasteiger partial charge is 0.468 e. The molecule has 0 aliphatic rings. The molecule has 0 aromatic heterocycles. The van der Waals surface area contributed by atoms with Crippen molar-refractivity contribution in [2.75, 3.05) is 13.7 Å². The van der Waals surface area contributed by atoms with Crippen LogP contribution in [0.25, 0.3) is 0 Å². The van der Waals surface area contributed by atoms with Crippen molar-refractivity contribution >= 4 is 5.97 Å². The minimum atomic E-state index is -1.35. The molecule has 100 valence electrons. The highest BCUT2D eigenvalue weighted by molar-refractivity contribution is 5.76. The van der Waals surface area contributed by atoms with Gasteiger partial charge in [-0.15, -0.1) is 0 Å². The second-order valence-corrected chi connectivity index (χ2v) is 3.81. The summed E-state index contributed by atoms with van der Waals surface area (Å²) in [6.07, 6.45) is 0. The second-order valence-electron chi connectivity index (χ2n) is 3.81. The van der Waals surface area contributed by atoms with Crippen LogP contribution in [0.1, 0.15) is 11.5 Å². The Morgan fingerprint density at radius 3 is 2.79 bits per heavy atom. The van der Waals surface area contributed by atoms with Crippen LogP contribution in [0.5, 0.6) is 0 Å². The van der Waals surface area contributed by atoms with Gasteiger partial charge >= 0.3 is 5.97 Å². The third-order valence-corrected chi connectivity index (χ3v) is 2.62. The van der Waals surface area contributed by atoms with Gasteiger partial charge in [0, 0.05) is 4.92 Å². The summed E-state index contributed by atoms with van der Waals surface area (Å²) < 4.78 is 17.6. The minimum absolute atomic E-state index is 0.216. The second kappa shape index (κ2) is 6.44. The van der Waals surface area contributed by atoms with Crippen LogP contribution in [-0.2, 0) is 9.53 Å². The van der Waals surface area contributed by atoms with Crippen LogP contribution in [0.3, 0.4) is 0 Å². The molecule has 6 nitrogen and oxygen atoms in total. The topological polar surface area (TPSA) is 93.2 Å². The van der Waals surface area contributed by atoms with E-state index in [0.29, 0.717) is 0 Å². The van der Waals surface area contributed by atoms with E-state index >= 15 is 0 Å². The Bertz CT molecular complexity index is 527. The molecule has 0 saturated heterocycles. The molecule has 0 amide bonds. The zero-order valence-electron chi connectivity index (χ0n) is 10.1. The van der Waals surface area contributed by atoms with Gasteiger partial charge in [0.15, 0.2) is 5.92 Å². The Labute approximate surface area is 108 Å². The van der Waals surface area contributed by atoms with Gasteiger partial charge in [0.25, 0.3) is 0 Å². The van der Waals surface area contributed by atoms with E-state index in [4.69, 9.17) is 5.26 Å². The van der Waals surface area contributed by atoms with E-state index in [-0.39, 0.29) is 5.56 Å². The highest BCUT2D eigenvalue weighted by Gasteiger charge is 2.34. The van der Waals surface area contributed by atoms with Crippen LogP contribution in [-0.4, -0.2) is 24.5 Å². The summed E-state index contributed by atoms with van der Waals surface area (Å²) in [4.78, 5) is 21.5. The van der Waals surface area contributed by atoms with Crippen molar-refractivity contribution in [3.63, 3.8) is 0 Å². The molecule has 0 fully saturated rings. The van der Waals surface area contributed by atoms with Gasteiger partial charge in [-0.2, -0.15) is 5.26 Å². The number of halogens is 1. The first-order valence-electron chi connectivity index (χ1n) is 5.34. The summed E-state index contributed by atoms with van der Waals surface area (Å²) in [6.45, 7) is -0.656. The van der Waals surface area contributed by atoms with E-state index in [9.17, 15) is 19.3 Å². The number of nitriles is 1. The van der Waals surface area contributed by atoms with Crippen molar-refractivity contribution in [1.82, 2.24) is 0 Å². The van der Waals surface area contributed by atoms with E-state index in [1.54, 1.807) is 6.07 Å². The zero-order chi connectivity index (χ0) is 14.4. The number of carbonyl (C=O) groups excluding carboxylic acids is 1. The Morgan fingerprint density at radius 1 is 1.63 bits per heavy atom. The lowest BCUT2D eigenvalue weighted by atomic mass is 9.87. The van der Waals surface area contributed by atoms with Crippen LogP contribution in [0.15, 0.2) is 24.3 Å². The van der Waals surface area contributed by atoms with E-state index in [1.807, 2.05) is 0 Å². The van der Waals surface area contributed by atoms with Gasteiger partial charge in [-0.3, -0.25) is 14.9 Å². The average Bonchev–Trinajstić information content (AvgIpc) is 2.37. The summed E-state index contributed by atoms with van der Waals surface area (Å²) in [5.74, 6) is -3.87. The molecular formula is C12H11FN2O4. The zero-order valence-corrected chi connectivity index (χ0v) is 10.1. The van der Waals surface area contributed by atoms with Crippen molar-refractivity contribution in [3.8, 4) is 6.07 Å². The molecule has 2 atom stereocenters. The van der Waals surface area contributed by atoms with E-state index in [0.717, 1.165) is 13.2 Å². The van der Waals surface area contributed by atoms with E-state index in [2.05, 4.69) is 4.74 Å². The molecule has 0 radical (unpaired) electrons. The predicted octanol–water partition coefficient (Wildman–Crippen LogP) is 1.50. The molecule has 1 aromatic rings. The average molecular weight is 266 g/mol. The lowest BCUT2D eigenvalue weighted by Gasteiger charge is -2.17. The first kappa shape index (κ1) is 14.6. The number of benzene rings is 1. The molecule has 0 spiro atoms. The minimum Gasteiger partial charge on any atom is -0.468 e. The van der Waals surface area contributed by atoms with Crippen LogP contribution < -0.4 is 0 Å². The normalized spacial score (nSPS) is 13.1. The number of rotatable bonds is 5. The summed E-state index contributed by atoms with van der Waals surface area (Å²) in [6, 6.07) is 6.72. The Hall–Kier alpha value is -2.49. The van der Waals surface area contributed by atoms with Crippen LogP contribution in [0.4, 0.5) is 4.39 Å². The van der Waals surface area contributed by atoms with Gasteiger partial charge in [-0.25, -0.2) is 4.39 Å². The number of nitro groups is 1. The maximum absolute atomic E-state index is 13.1. The van der Waals surface area contributed by atoms with Gasteiger partial charge in [0.05, 0.1) is 19.1 Å². The predicted molar refractivity (Wildman–Crippen MR) is 62.1 cm³/mol. The quantitative estimate of drug-likeness (QED) is 0.457. The molecule has 0 N–H and O–H groups in total. The smallest absolute Gasteiger partial charge is 0.323 e. The number of carbonyl (C=O) groups is 1. The highest BCUT2D eigenvalue weighted by atomic mass is 19.1. The van der Waals surface area contributed by atoms with Gasteiger partial charge in [0.2, 0.25) is 6.54 Å². The number of ether oxygens (including phenoxy) is 1. The Morgan fingerprint density at radius 2 is 2.32 bits per heavy atom. The Balaban J connectivity index is 3.17. The fourth-order valence-corrected chi connectivity index (χ4v) is 1.74. The molecule has 2 unspecified atom stereocenters. The van der Waals surface area contributed by atoms with Crippen molar-refractivity contribution in [2.24, 2.45) is 5.92 Å². The number of hydrogen-bond donors (Lipinski definition) is 0.